The maximum Gasteiger partial charge on any atom is 0.253 e. The van der Waals surface area contributed by atoms with Gasteiger partial charge in [-0.3, -0.25) is 4.79 Å². The second kappa shape index (κ2) is 6.05. The van der Waals surface area contributed by atoms with Crippen LogP contribution in [-0.2, 0) is 11.3 Å². The molecule has 0 atom stereocenters. The van der Waals surface area contributed by atoms with Gasteiger partial charge in [-0.05, 0) is 28.9 Å². The van der Waals surface area contributed by atoms with E-state index in [2.05, 4.69) is 15.9 Å². The number of hydrogen-bond acceptors (Lipinski definition) is 3. The summed E-state index contributed by atoms with van der Waals surface area (Å²) >= 11 is 3.35. The molecule has 4 nitrogen and oxygen atoms in total. The first-order valence-electron chi connectivity index (χ1n) is 4.79. The maximum atomic E-state index is 11.6. The smallest absolute Gasteiger partial charge is 0.253 e. The second-order valence-corrected chi connectivity index (χ2v) is 4.16. The van der Waals surface area contributed by atoms with Crippen LogP contribution in [0.3, 0.4) is 0 Å². The molecule has 5 heteroatoms. The minimum atomic E-state index is 0.0227. The summed E-state index contributed by atoms with van der Waals surface area (Å²) < 4.78 is 7.76. The summed E-state index contributed by atoms with van der Waals surface area (Å²) in [6.45, 7) is 3.89. The van der Waals surface area contributed by atoms with Crippen molar-refractivity contribution in [2.24, 2.45) is 5.73 Å². The van der Waals surface area contributed by atoms with E-state index in [-0.39, 0.29) is 5.56 Å². The second-order valence-electron chi connectivity index (χ2n) is 3.24. The van der Waals surface area contributed by atoms with Crippen molar-refractivity contribution in [3.8, 4) is 0 Å². The van der Waals surface area contributed by atoms with E-state index < -0.39 is 0 Å². The summed E-state index contributed by atoms with van der Waals surface area (Å²) in [6, 6.07) is 1.81. The van der Waals surface area contributed by atoms with Crippen LogP contribution >= 0.6 is 15.9 Å². The third-order valence-corrected chi connectivity index (χ3v) is 2.40. The van der Waals surface area contributed by atoms with E-state index in [4.69, 9.17) is 10.5 Å². The summed E-state index contributed by atoms with van der Waals surface area (Å²) in [5.41, 5.74) is 6.03. The van der Waals surface area contributed by atoms with Gasteiger partial charge in [-0.2, -0.15) is 0 Å². The number of nitrogens with zero attached hydrogens (tertiary/aromatic N) is 1. The van der Waals surface area contributed by atoms with Crippen LogP contribution in [0, 0.1) is 6.92 Å². The number of aryl methyl sites for hydroxylation is 1. The molecule has 0 saturated heterocycles. The van der Waals surface area contributed by atoms with E-state index >= 15 is 0 Å². The molecule has 0 saturated carbocycles. The highest BCUT2D eigenvalue weighted by Gasteiger charge is 2.01. The highest BCUT2D eigenvalue weighted by atomic mass is 79.9. The number of pyridine rings is 1. The van der Waals surface area contributed by atoms with Crippen molar-refractivity contribution < 1.29 is 4.74 Å². The summed E-state index contributed by atoms with van der Waals surface area (Å²) in [7, 11) is 0. The quantitative estimate of drug-likeness (QED) is 0.812. The maximum absolute atomic E-state index is 11.6. The van der Waals surface area contributed by atoms with Crippen molar-refractivity contribution >= 4 is 15.9 Å². The van der Waals surface area contributed by atoms with Crippen molar-refractivity contribution in [1.29, 1.82) is 0 Å². The van der Waals surface area contributed by atoms with E-state index in [1.807, 2.05) is 0 Å². The van der Waals surface area contributed by atoms with Crippen molar-refractivity contribution in [2.75, 3.05) is 19.8 Å². The van der Waals surface area contributed by atoms with Gasteiger partial charge >= 0.3 is 0 Å². The average molecular weight is 275 g/mol. The molecule has 84 valence electrons. The lowest BCUT2D eigenvalue weighted by molar-refractivity contribution is 0.132. The molecule has 0 radical (unpaired) electrons. The third-order valence-electron chi connectivity index (χ3n) is 1.97. The molecule has 0 bridgehead atoms. The number of halogens is 1. The molecule has 0 aliphatic heterocycles. The zero-order valence-electron chi connectivity index (χ0n) is 8.70. The lowest BCUT2D eigenvalue weighted by Gasteiger charge is -2.07. The van der Waals surface area contributed by atoms with E-state index in [1.165, 1.54) is 0 Å². The number of aromatic nitrogens is 1. The highest BCUT2D eigenvalue weighted by Crippen LogP contribution is 2.07. The fourth-order valence-electron chi connectivity index (χ4n) is 1.25. The fraction of sp³-hybridized carbons (Fsp3) is 0.500. The fourth-order valence-corrected chi connectivity index (χ4v) is 1.84. The van der Waals surface area contributed by atoms with Gasteiger partial charge in [0, 0.05) is 29.3 Å². The monoisotopic (exact) mass is 274 g/mol. The van der Waals surface area contributed by atoms with Crippen LogP contribution in [0.1, 0.15) is 5.56 Å². The molecule has 0 amide bonds. The first-order valence-corrected chi connectivity index (χ1v) is 5.59. The highest BCUT2D eigenvalue weighted by molar-refractivity contribution is 9.10. The Hall–Kier alpha value is -0.650. The predicted octanol–water partition coefficient (Wildman–Crippen LogP) is 0.895. The lowest BCUT2D eigenvalue weighted by Crippen LogP contribution is -2.24. The molecule has 2 N–H and O–H groups in total. The van der Waals surface area contributed by atoms with Gasteiger partial charge < -0.3 is 15.0 Å². The summed E-state index contributed by atoms with van der Waals surface area (Å²) in [4.78, 5) is 11.6. The zero-order valence-corrected chi connectivity index (χ0v) is 10.3. The van der Waals surface area contributed by atoms with Crippen LogP contribution in [0.25, 0.3) is 0 Å². The standard InChI is InChI=1S/C10H15BrN2O2/c1-8-6-9(11)7-13(10(8)14)3-5-15-4-2-12/h6-7H,2-5,12H2,1H3. The van der Waals surface area contributed by atoms with Crippen LogP contribution in [0.4, 0.5) is 0 Å². The van der Waals surface area contributed by atoms with Gasteiger partial charge in [0.25, 0.3) is 5.56 Å². The largest absolute Gasteiger partial charge is 0.378 e. The molecule has 0 aromatic carbocycles. The van der Waals surface area contributed by atoms with Gasteiger partial charge in [-0.15, -0.1) is 0 Å². The van der Waals surface area contributed by atoms with Gasteiger partial charge in [0.15, 0.2) is 0 Å². The van der Waals surface area contributed by atoms with Crippen LogP contribution < -0.4 is 11.3 Å². The summed E-state index contributed by atoms with van der Waals surface area (Å²) in [5, 5.41) is 0. The summed E-state index contributed by atoms with van der Waals surface area (Å²) in [5.74, 6) is 0. The topological polar surface area (TPSA) is 57.2 Å². The van der Waals surface area contributed by atoms with Crippen LogP contribution in [0.5, 0.6) is 0 Å². The molecule has 0 unspecified atom stereocenters. The number of rotatable bonds is 5. The van der Waals surface area contributed by atoms with Crippen LogP contribution in [0.2, 0.25) is 0 Å². The molecule has 1 rings (SSSR count). The van der Waals surface area contributed by atoms with Crippen molar-refractivity contribution in [3.05, 3.63) is 32.7 Å². The normalized spacial score (nSPS) is 10.6. The Kier molecular flexibility index (Phi) is 5.01. The molecule has 0 aliphatic carbocycles. The molecule has 1 aromatic rings. The predicted molar refractivity (Wildman–Crippen MR) is 63.0 cm³/mol. The SMILES string of the molecule is Cc1cc(Br)cn(CCOCCN)c1=O. The molecule has 1 aromatic heterocycles. The minimum Gasteiger partial charge on any atom is -0.378 e. The molecule has 0 aliphatic rings. The van der Waals surface area contributed by atoms with E-state index in [9.17, 15) is 4.79 Å². The molecular formula is C10H15BrN2O2. The molecule has 0 fully saturated rings. The van der Waals surface area contributed by atoms with Gasteiger partial charge in [-0.25, -0.2) is 0 Å². The lowest BCUT2D eigenvalue weighted by atomic mass is 10.3. The Labute approximate surface area is 97.2 Å². The Morgan fingerprint density at radius 1 is 1.53 bits per heavy atom. The van der Waals surface area contributed by atoms with Gasteiger partial charge in [-0.1, -0.05) is 0 Å². The van der Waals surface area contributed by atoms with Crippen molar-refractivity contribution in [2.45, 2.75) is 13.5 Å². The Morgan fingerprint density at radius 2 is 2.27 bits per heavy atom. The van der Waals surface area contributed by atoms with Gasteiger partial charge in [0.2, 0.25) is 0 Å². The van der Waals surface area contributed by atoms with Gasteiger partial charge in [0.1, 0.15) is 0 Å². The van der Waals surface area contributed by atoms with E-state index in [0.717, 1.165) is 10.0 Å². The Bertz CT molecular complexity index is 376. The number of nitrogens with two attached hydrogens (primary N) is 1. The first-order chi connectivity index (χ1) is 7.15. The minimum absolute atomic E-state index is 0.0227. The Morgan fingerprint density at radius 3 is 2.93 bits per heavy atom. The average Bonchev–Trinajstić information content (AvgIpc) is 2.19. The molecule has 1 heterocycles. The van der Waals surface area contributed by atoms with Crippen molar-refractivity contribution in [1.82, 2.24) is 4.57 Å². The van der Waals surface area contributed by atoms with Crippen LogP contribution in [0.15, 0.2) is 21.5 Å². The van der Waals surface area contributed by atoms with E-state index in [0.29, 0.717) is 26.3 Å². The third kappa shape index (κ3) is 3.77. The van der Waals surface area contributed by atoms with Crippen LogP contribution in [-0.4, -0.2) is 24.3 Å². The Balaban J connectivity index is 2.64. The number of ether oxygens (including phenoxy) is 1. The number of hydrogen-bond donors (Lipinski definition) is 1. The summed E-state index contributed by atoms with van der Waals surface area (Å²) in [6.07, 6.45) is 1.77. The van der Waals surface area contributed by atoms with E-state index in [1.54, 1.807) is 23.8 Å². The molecule has 0 spiro atoms. The zero-order chi connectivity index (χ0) is 11.3. The van der Waals surface area contributed by atoms with Crippen molar-refractivity contribution in [3.63, 3.8) is 0 Å². The van der Waals surface area contributed by atoms with Gasteiger partial charge in [0.05, 0.1) is 13.2 Å². The molecular weight excluding hydrogens is 260 g/mol. The molecule has 15 heavy (non-hydrogen) atoms. The first kappa shape index (κ1) is 12.4.